The van der Waals surface area contributed by atoms with Crippen LogP contribution in [0.25, 0.3) is 0 Å². The number of aryl methyl sites for hydroxylation is 1. The molecule has 0 unspecified atom stereocenters. The molecule has 0 bridgehead atoms. The maximum Gasteiger partial charge on any atom is 0.240 e. The standard InChI is InChI=1S/C17H26N2O4/c1-12-4-5-14(15(10-12)23-9-8-21-3)11-19-17(20)16-13(2)22-7-6-18-16/h4-5,10,13,16,18H,6-9,11H2,1-3H3,(H,19,20)/t13-,16+/m1/s1. The molecule has 0 radical (unpaired) electrons. The van der Waals surface area contributed by atoms with Crippen molar-refractivity contribution < 1.29 is 19.0 Å². The molecule has 1 heterocycles. The first-order valence-electron chi connectivity index (χ1n) is 7.95. The van der Waals surface area contributed by atoms with Gasteiger partial charge in [-0.2, -0.15) is 0 Å². The van der Waals surface area contributed by atoms with Crippen molar-refractivity contribution in [1.82, 2.24) is 10.6 Å². The quantitative estimate of drug-likeness (QED) is 0.734. The number of benzene rings is 1. The number of amides is 1. The molecule has 1 aromatic carbocycles. The van der Waals surface area contributed by atoms with Gasteiger partial charge in [0.15, 0.2) is 0 Å². The molecule has 128 valence electrons. The van der Waals surface area contributed by atoms with Gasteiger partial charge in [0, 0.05) is 25.8 Å². The van der Waals surface area contributed by atoms with Gasteiger partial charge >= 0.3 is 0 Å². The van der Waals surface area contributed by atoms with E-state index in [2.05, 4.69) is 10.6 Å². The molecule has 1 amide bonds. The number of hydrogen-bond acceptors (Lipinski definition) is 5. The lowest BCUT2D eigenvalue weighted by Gasteiger charge is -2.29. The Labute approximate surface area is 137 Å². The van der Waals surface area contributed by atoms with Crippen LogP contribution in [0.1, 0.15) is 18.1 Å². The van der Waals surface area contributed by atoms with Crippen molar-refractivity contribution in [3.05, 3.63) is 29.3 Å². The van der Waals surface area contributed by atoms with Gasteiger partial charge in [0.2, 0.25) is 5.91 Å². The molecule has 6 nitrogen and oxygen atoms in total. The lowest BCUT2D eigenvalue weighted by molar-refractivity contribution is -0.129. The van der Waals surface area contributed by atoms with Crippen LogP contribution >= 0.6 is 0 Å². The average molecular weight is 322 g/mol. The molecule has 1 aromatic rings. The van der Waals surface area contributed by atoms with Gasteiger partial charge in [0.25, 0.3) is 0 Å². The van der Waals surface area contributed by atoms with Crippen molar-refractivity contribution >= 4 is 5.91 Å². The molecule has 2 atom stereocenters. The number of morpholine rings is 1. The first kappa shape index (κ1) is 17.7. The third-order valence-electron chi connectivity index (χ3n) is 3.82. The van der Waals surface area contributed by atoms with Gasteiger partial charge < -0.3 is 24.8 Å². The fourth-order valence-corrected chi connectivity index (χ4v) is 2.50. The summed E-state index contributed by atoms with van der Waals surface area (Å²) in [5.74, 6) is 0.726. The summed E-state index contributed by atoms with van der Waals surface area (Å²) in [5, 5.41) is 6.14. The highest BCUT2D eigenvalue weighted by Crippen LogP contribution is 2.20. The topological polar surface area (TPSA) is 68.8 Å². The molecule has 0 saturated carbocycles. The van der Waals surface area contributed by atoms with Crippen LogP contribution in [-0.2, 0) is 20.8 Å². The Hall–Kier alpha value is -1.63. The summed E-state index contributed by atoms with van der Waals surface area (Å²) in [7, 11) is 1.64. The lowest BCUT2D eigenvalue weighted by Crippen LogP contribution is -2.55. The summed E-state index contributed by atoms with van der Waals surface area (Å²) in [6.45, 7) is 6.68. The summed E-state index contributed by atoms with van der Waals surface area (Å²) in [6, 6.07) is 5.65. The monoisotopic (exact) mass is 322 g/mol. The van der Waals surface area contributed by atoms with Gasteiger partial charge in [-0.1, -0.05) is 12.1 Å². The fraction of sp³-hybridized carbons (Fsp3) is 0.588. The number of methoxy groups -OCH3 is 1. The Morgan fingerprint density at radius 1 is 1.43 bits per heavy atom. The predicted molar refractivity (Wildman–Crippen MR) is 87.6 cm³/mol. The minimum atomic E-state index is -0.313. The third kappa shape index (κ3) is 5.20. The van der Waals surface area contributed by atoms with Crippen molar-refractivity contribution in [3.63, 3.8) is 0 Å². The van der Waals surface area contributed by atoms with Crippen LogP contribution in [0.2, 0.25) is 0 Å². The van der Waals surface area contributed by atoms with E-state index in [0.29, 0.717) is 32.9 Å². The van der Waals surface area contributed by atoms with Crippen LogP contribution in [0.15, 0.2) is 18.2 Å². The van der Waals surface area contributed by atoms with Crippen molar-refractivity contribution in [3.8, 4) is 5.75 Å². The summed E-state index contributed by atoms with van der Waals surface area (Å²) < 4.78 is 16.3. The molecule has 1 fully saturated rings. The second-order valence-corrected chi connectivity index (χ2v) is 5.68. The van der Waals surface area contributed by atoms with Gasteiger partial charge in [-0.3, -0.25) is 4.79 Å². The highest BCUT2D eigenvalue weighted by atomic mass is 16.5. The molecular weight excluding hydrogens is 296 g/mol. The van der Waals surface area contributed by atoms with E-state index >= 15 is 0 Å². The summed E-state index contributed by atoms with van der Waals surface area (Å²) in [4.78, 5) is 12.3. The highest BCUT2D eigenvalue weighted by Gasteiger charge is 2.28. The molecule has 0 aliphatic carbocycles. The lowest BCUT2D eigenvalue weighted by atomic mass is 10.1. The molecule has 2 rings (SSSR count). The van der Waals surface area contributed by atoms with Crippen LogP contribution in [0.5, 0.6) is 5.75 Å². The number of carbonyl (C=O) groups excluding carboxylic acids is 1. The Morgan fingerprint density at radius 3 is 3.00 bits per heavy atom. The molecule has 0 aromatic heterocycles. The largest absolute Gasteiger partial charge is 0.491 e. The van der Waals surface area contributed by atoms with Crippen LogP contribution in [0.4, 0.5) is 0 Å². The maximum atomic E-state index is 12.3. The van der Waals surface area contributed by atoms with E-state index in [-0.39, 0.29) is 18.1 Å². The molecule has 2 N–H and O–H groups in total. The maximum absolute atomic E-state index is 12.3. The number of hydrogen-bond donors (Lipinski definition) is 2. The SMILES string of the molecule is COCCOc1cc(C)ccc1CNC(=O)[C@H]1NCCO[C@@H]1C. The number of rotatable bonds is 7. The Balaban J connectivity index is 1.94. The van der Waals surface area contributed by atoms with Crippen LogP contribution in [-0.4, -0.2) is 51.5 Å². The molecule has 1 saturated heterocycles. The zero-order valence-electron chi connectivity index (χ0n) is 14.1. The molecule has 23 heavy (non-hydrogen) atoms. The van der Waals surface area contributed by atoms with E-state index in [1.165, 1.54) is 0 Å². The predicted octanol–water partition coefficient (Wildman–Crippen LogP) is 1.01. The van der Waals surface area contributed by atoms with Crippen molar-refractivity contribution in [2.45, 2.75) is 32.5 Å². The molecule has 6 heteroatoms. The van der Waals surface area contributed by atoms with Crippen molar-refractivity contribution in [1.29, 1.82) is 0 Å². The van der Waals surface area contributed by atoms with Gasteiger partial charge in [-0.15, -0.1) is 0 Å². The van der Waals surface area contributed by atoms with E-state index in [1.54, 1.807) is 7.11 Å². The van der Waals surface area contributed by atoms with E-state index in [4.69, 9.17) is 14.2 Å². The second kappa shape index (κ2) is 8.86. The van der Waals surface area contributed by atoms with Crippen LogP contribution in [0, 0.1) is 6.92 Å². The molecule has 0 spiro atoms. The van der Waals surface area contributed by atoms with E-state index in [0.717, 1.165) is 16.9 Å². The number of nitrogens with one attached hydrogen (secondary N) is 2. The number of ether oxygens (including phenoxy) is 3. The van der Waals surface area contributed by atoms with Crippen molar-refractivity contribution in [2.24, 2.45) is 0 Å². The van der Waals surface area contributed by atoms with E-state index in [1.807, 2.05) is 32.0 Å². The normalized spacial score (nSPS) is 21.0. The van der Waals surface area contributed by atoms with Gasteiger partial charge in [-0.25, -0.2) is 0 Å². The summed E-state index contributed by atoms with van der Waals surface area (Å²) in [6.07, 6.45) is -0.126. The van der Waals surface area contributed by atoms with Crippen LogP contribution in [0.3, 0.4) is 0 Å². The molecular formula is C17H26N2O4. The molecule has 1 aliphatic heterocycles. The zero-order chi connectivity index (χ0) is 16.7. The van der Waals surface area contributed by atoms with Crippen molar-refractivity contribution in [2.75, 3.05) is 33.5 Å². The third-order valence-corrected chi connectivity index (χ3v) is 3.82. The van der Waals surface area contributed by atoms with Crippen LogP contribution < -0.4 is 15.4 Å². The van der Waals surface area contributed by atoms with Gasteiger partial charge in [0.1, 0.15) is 18.4 Å². The summed E-state index contributed by atoms with van der Waals surface area (Å²) >= 11 is 0. The fourth-order valence-electron chi connectivity index (χ4n) is 2.50. The minimum Gasteiger partial charge on any atom is -0.491 e. The Morgan fingerprint density at radius 2 is 2.26 bits per heavy atom. The zero-order valence-corrected chi connectivity index (χ0v) is 14.1. The second-order valence-electron chi connectivity index (χ2n) is 5.68. The van der Waals surface area contributed by atoms with E-state index < -0.39 is 0 Å². The minimum absolute atomic E-state index is 0.0550. The first-order valence-corrected chi connectivity index (χ1v) is 7.95. The highest BCUT2D eigenvalue weighted by molar-refractivity contribution is 5.82. The Kier molecular flexibility index (Phi) is 6.83. The number of carbonyl (C=O) groups is 1. The summed E-state index contributed by atoms with van der Waals surface area (Å²) in [5.41, 5.74) is 2.06. The van der Waals surface area contributed by atoms with E-state index in [9.17, 15) is 4.79 Å². The molecule has 1 aliphatic rings. The van der Waals surface area contributed by atoms with Gasteiger partial charge in [-0.05, 0) is 25.5 Å². The first-order chi connectivity index (χ1) is 11.1. The Bertz CT molecular complexity index is 521. The average Bonchev–Trinajstić information content (AvgIpc) is 2.54. The van der Waals surface area contributed by atoms with Gasteiger partial charge in [0.05, 0.1) is 19.3 Å². The smallest absolute Gasteiger partial charge is 0.240 e.